The van der Waals surface area contributed by atoms with Gasteiger partial charge in [0.1, 0.15) is 0 Å². The van der Waals surface area contributed by atoms with E-state index in [0.717, 1.165) is 16.6 Å². The number of morpholine rings is 1. The lowest BCUT2D eigenvalue weighted by molar-refractivity contribution is -0.132. The van der Waals surface area contributed by atoms with Crippen LogP contribution in [-0.4, -0.2) is 92.7 Å². The number of imidazole rings is 1. The van der Waals surface area contributed by atoms with Crippen LogP contribution in [0.3, 0.4) is 0 Å². The Labute approximate surface area is 181 Å². The van der Waals surface area contributed by atoms with Crippen LogP contribution in [-0.2, 0) is 30.0 Å². The highest BCUT2D eigenvalue weighted by atomic mass is 16.5. The Bertz CT molecular complexity index is 994. The van der Waals surface area contributed by atoms with E-state index in [0.29, 0.717) is 58.7 Å². The summed E-state index contributed by atoms with van der Waals surface area (Å²) >= 11 is 0. The number of aliphatic hydroxyl groups is 2. The number of aliphatic hydroxyl groups excluding tert-OH is 2. The fourth-order valence-electron chi connectivity index (χ4n) is 4.72. The fraction of sp³-hybridized carbons (Fsp3) is 0.636. The molecule has 0 unspecified atom stereocenters. The number of aromatic nitrogens is 2. The zero-order valence-corrected chi connectivity index (χ0v) is 18.2. The van der Waals surface area contributed by atoms with Gasteiger partial charge >= 0.3 is 5.69 Å². The molecular weight excluding hydrogens is 400 g/mol. The molecule has 0 spiro atoms. The van der Waals surface area contributed by atoms with Crippen molar-refractivity contribution in [3.8, 4) is 0 Å². The second-order valence-electron chi connectivity index (χ2n) is 8.63. The first-order valence-corrected chi connectivity index (χ1v) is 11.0. The molecule has 2 aromatic rings. The SMILES string of the molecule is Cn1c(=O)n(C)c2cc(CCC(=O)N3CC[C@@H](O)[C@@H](O)[C@H](N4CCOCC4)C3)ccc21. The largest absolute Gasteiger partial charge is 0.390 e. The van der Waals surface area contributed by atoms with Crippen molar-refractivity contribution in [2.24, 2.45) is 14.1 Å². The molecule has 1 aromatic heterocycles. The summed E-state index contributed by atoms with van der Waals surface area (Å²) < 4.78 is 8.64. The molecular formula is C22H32N4O5. The van der Waals surface area contributed by atoms with E-state index in [2.05, 4.69) is 4.90 Å². The molecule has 9 nitrogen and oxygen atoms in total. The van der Waals surface area contributed by atoms with Crippen LogP contribution in [0.15, 0.2) is 23.0 Å². The van der Waals surface area contributed by atoms with E-state index in [1.807, 2.05) is 18.2 Å². The minimum absolute atomic E-state index is 0.0154. The molecule has 0 bridgehead atoms. The summed E-state index contributed by atoms with van der Waals surface area (Å²) in [7, 11) is 3.50. The number of rotatable bonds is 4. The maximum atomic E-state index is 13.0. The molecule has 1 aromatic carbocycles. The zero-order valence-electron chi connectivity index (χ0n) is 18.2. The third-order valence-electron chi connectivity index (χ3n) is 6.72. The van der Waals surface area contributed by atoms with Crippen LogP contribution in [0.2, 0.25) is 0 Å². The molecule has 170 valence electrons. The third kappa shape index (κ3) is 4.41. The van der Waals surface area contributed by atoms with Crippen LogP contribution in [0.4, 0.5) is 0 Å². The van der Waals surface area contributed by atoms with Crippen LogP contribution < -0.4 is 5.69 Å². The third-order valence-corrected chi connectivity index (χ3v) is 6.72. The lowest BCUT2D eigenvalue weighted by atomic mass is 10.0. The predicted molar refractivity (Wildman–Crippen MR) is 116 cm³/mol. The molecule has 0 radical (unpaired) electrons. The van der Waals surface area contributed by atoms with Gasteiger partial charge < -0.3 is 19.8 Å². The summed E-state index contributed by atoms with van der Waals surface area (Å²) in [6, 6.07) is 5.56. The lowest BCUT2D eigenvalue weighted by Gasteiger charge is -2.38. The molecule has 3 heterocycles. The van der Waals surface area contributed by atoms with Gasteiger partial charge in [0, 0.05) is 46.7 Å². The van der Waals surface area contributed by atoms with Crippen molar-refractivity contribution in [1.29, 1.82) is 0 Å². The summed E-state index contributed by atoms with van der Waals surface area (Å²) in [4.78, 5) is 29.0. The van der Waals surface area contributed by atoms with Crippen molar-refractivity contribution in [1.82, 2.24) is 18.9 Å². The van der Waals surface area contributed by atoms with E-state index < -0.39 is 12.2 Å². The van der Waals surface area contributed by atoms with Gasteiger partial charge in [-0.05, 0) is 30.5 Å². The molecule has 0 saturated carbocycles. The van der Waals surface area contributed by atoms with E-state index >= 15 is 0 Å². The standard InChI is InChI=1S/C22H32N4O5/c1-23-16-5-3-15(13-17(16)24(2)22(23)30)4-6-20(28)26-8-7-19(27)21(29)18(14-26)25-9-11-31-12-10-25/h3,5,13,18-19,21,27,29H,4,6-12,14H2,1-2H3/t18-,19-,21+/m1/s1. The second kappa shape index (κ2) is 9.12. The van der Waals surface area contributed by atoms with Crippen LogP contribution >= 0.6 is 0 Å². The zero-order chi connectivity index (χ0) is 22.1. The topological polar surface area (TPSA) is 100 Å². The van der Waals surface area contributed by atoms with Crippen LogP contribution in [0.1, 0.15) is 18.4 Å². The summed E-state index contributed by atoms with van der Waals surface area (Å²) in [5, 5.41) is 21.0. The van der Waals surface area contributed by atoms with Gasteiger partial charge in [-0.25, -0.2) is 4.79 Å². The summed E-state index contributed by atoms with van der Waals surface area (Å²) in [6.45, 7) is 3.40. The number of carbonyl (C=O) groups excluding carboxylic acids is 1. The van der Waals surface area contributed by atoms with Gasteiger partial charge in [-0.1, -0.05) is 6.07 Å². The Morgan fingerprint density at radius 3 is 2.55 bits per heavy atom. The molecule has 2 aliphatic heterocycles. The Morgan fingerprint density at radius 2 is 1.81 bits per heavy atom. The van der Waals surface area contributed by atoms with Gasteiger partial charge in [-0.3, -0.25) is 18.8 Å². The van der Waals surface area contributed by atoms with E-state index in [1.54, 1.807) is 28.1 Å². The monoisotopic (exact) mass is 432 g/mol. The highest BCUT2D eigenvalue weighted by Gasteiger charge is 2.37. The molecule has 0 aliphatic carbocycles. The number of amides is 1. The van der Waals surface area contributed by atoms with Crippen molar-refractivity contribution < 1.29 is 19.7 Å². The highest BCUT2D eigenvalue weighted by molar-refractivity contribution is 5.78. The van der Waals surface area contributed by atoms with Crippen molar-refractivity contribution in [3.63, 3.8) is 0 Å². The number of hydrogen-bond acceptors (Lipinski definition) is 6. The number of aryl methyl sites for hydroxylation is 3. The molecule has 2 fully saturated rings. The average Bonchev–Trinajstić information content (AvgIpc) is 2.91. The quantitative estimate of drug-likeness (QED) is 0.674. The van der Waals surface area contributed by atoms with Crippen molar-refractivity contribution in [2.45, 2.75) is 37.5 Å². The number of carbonyl (C=O) groups is 1. The molecule has 4 rings (SSSR count). The number of fused-ring (bicyclic) bond motifs is 1. The van der Waals surface area contributed by atoms with Gasteiger partial charge in [0.05, 0.1) is 42.5 Å². The van der Waals surface area contributed by atoms with E-state index in [1.165, 1.54) is 0 Å². The van der Waals surface area contributed by atoms with Crippen molar-refractivity contribution in [2.75, 3.05) is 39.4 Å². The first-order valence-electron chi connectivity index (χ1n) is 11.0. The summed E-state index contributed by atoms with van der Waals surface area (Å²) in [5.41, 5.74) is 2.65. The average molecular weight is 433 g/mol. The minimum Gasteiger partial charge on any atom is -0.390 e. The van der Waals surface area contributed by atoms with Gasteiger partial charge in [0.2, 0.25) is 5.91 Å². The summed E-state index contributed by atoms with van der Waals surface area (Å²) in [6.07, 6.45) is -0.438. The molecule has 9 heteroatoms. The Balaban J connectivity index is 1.44. The molecule has 3 atom stereocenters. The predicted octanol–water partition coefficient (Wildman–Crippen LogP) is -0.535. The van der Waals surface area contributed by atoms with Gasteiger partial charge in [-0.15, -0.1) is 0 Å². The number of ether oxygens (including phenoxy) is 1. The van der Waals surface area contributed by atoms with Crippen molar-refractivity contribution in [3.05, 3.63) is 34.2 Å². The maximum Gasteiger partial charge on any atom is 0.328 e. The Morgan fingerprint density at radius 1 is 1.10 bits per heavy atom. The number of likely N-dealkylation sites (tertiary alicyclic amines) is 1. The molecule has 31 heavy (non-hydrogen) atoms. The summed E-state index contributed by atoms with van der Waals surface area (Å²) in [5.74, 6) is 0.0154. The van der Waals surface area contributed by atoms with Crippen molar-refractivity contribution >= 4 is 16.9 Å². The number of benzene rings is 1. The van der Waals surface area contributed by atoms with Gasteiger partial charge in [-0.2, -0.15) is 0 Å². The normalized spacial score (nSPS) is 25.7. The minimum atomic E-state index is -0.877. The number of nitrogens with zero attached hydrogens (tertiary/aromatic N) is 4. The molecule has 1 amide bonds. The first-order chi connectivity index (χ1) is 14.9. The van der Waals surface area contributed by atoms with Crippen LogP contribution in [0.25, 0.3) is 11.0 Å². The smallest absolute Gasteiger partial charge is 0.328 e. The lowest BCUT2D eigenvalue weighted by Crippen LogP contribution is -2.55. The van der Waals surface area contributed by atoms with E-state index in [-0.39, 0.29) is 17.6 Å². The highest BCUT2D eigenvalue weighted by Crippen LogP contribution is 2.20. The first kappa shape index (κ1) is 22.0. The van der Waals surface area contributed by atoms with Gasteiger partial charge in [0.15, 0.2) is 0 Å². The van der Waals surface area contributed by atoms with E-state index in [9.17, 15) is 19.8 Å². The Kier molecular flexibility index (Phi) is 6.47. The fourth-order valence-corrected chi connectivity index (χ4v) is 4.72. The molecule has 2 saturated heterocycles. The maximum absolute atomic E-state index is 13.0. The second-order valence-corrected chi connectivity index (χ2v) is 8.63. The molecule has 2 N–H and O–H groups in total. The number of hydrogen-bond donors (Lipinski definition) is 2. The van der Waals surface area contributed by atoms with Crippen LogP contribution in [0, 0.1) is 0 Å². The molecule has 2 aliphatic rings. The van der Waals surface area contributed by atoms with Crippen LogP contribution in [0.5, 0.6) is 0 Å². The van der Waals surface area contributed by atoms with Gasteiger partial charge in [0.25, 0.3) is 0 Å². The van der Waals surface area contributed by atoms with E-state index in [4.69, 9.17) is 4.74 Å². The Hall–Kier alpha value is -2.20.